The van der Waals surface area contributed by atoms with Gasteiger partial charge < -0.3 is 15.2 Å². The van der Waals surface area contributed by atoms with E-state index in [-0.39, 0.29) is 12.1 Å². The van der Waals surface area contributed by atoms with Crippen molar-refractivity contribution in [1.82, 2.24) is 0 Å². The molecule has 2 unspecified atom stereocenters. The van der Waals surface area contributed by atoms with Gasteiger partial charge in [-0.05, 0) is 31.5 Å². The lowest BCUT2D eigenvalue weighted by Crippen LogP contribution is -2.15. The molecule has 1 aromatic rings. The van der Waals surface area contributed by atoms with E-state index in [1.54, 1.807) is 7.11 Å². The molecule has 0 saturated heterocycles. The zero-order valence-corrected chi connectivity index (χ0v) is 9.57. The van der Waals surface area contributed by atoms with Gasteiger partial charge in [-0.25, -0.2) is 0 Å². The number of nitrogens with two attached hydrogens (primary N) is 1. The minimum Gasteiger partial charge on any atom is -0.491 e. The van der Waals surface area contributed by atoms with Crippen molar-refractivity contribution in [3.63, 3.8) is 0 Å². The van der Waals surface area contributed by atoms with Crippen molar-refractivity contribution in [3.05, 3.63) is 29.8 Å². The van der Waals surface area contributed by atoms with Crippen molar-refractivity contribution in [2.45, 2.75) is 26.0 Å². The molecule has 0 aliphatic carbocycles. The van der Waals surface area contributed by atoms with Gasteiger partial charge in [0.25, 0.3) is 0 Å². The average molecular weight is 209 g/mol. The van der Waals surface area contributed by atoms with Gasteiger partial charge in [0.15, 0.2) is 0 Å². The molecule has 2 N–H and O–H groups in total. The molecule has 84 valence electrons. The number of methoxy groups -OCH3 is 1. The van der Waals surface area contributed by atoms with Crippen LogP contribution in [0.4, 0.5) is 0 Å². The van der Waals surface area contributed by atoms with E-state index in [0.29, 0.717) is 6.61 Å². The number of rotatable bonds is 5. The molecule has 0 aromatic heterocycles. The quantitative estimate of drug-likeness (QED) is 0.807. The summed E-state index contributed by atoms with van der Waals surface area (Å²) >= 11 is 0. The van der Waals surface area contributed by atoms with E-state index in [2.05, 4.69) is 0 Å². The maximum Gasteiger partial charge on any atom is 0.119 e. The lowest BCUT2D eigenvalue weighted by atomic mass is 10.1. The third kappa shape index (κ3) is 3.90. The largest absolute Gasteiger partial charge is 0.491 e. The van der Waals surface area contributed by atoms with E-state index in [0.717, 1.165) is 11.3 Å². The fourth-order valence-corrected chi connectivity index (χ4v) is 1.15. The predicted molar refractivity (Wildman–Crippen MR) is 61.0 cm³/mol. The lowest BCUT2D eigenvalue weighted by molar-refractivity contribution is 0.0716. The summed E-state index contributed by atoms with van der Waals surface area (Å²) in [6.45, 7) is 4.49. The first-order valence-electron chi connectivity index (χ1n) is 5.14. The Balaban J connectivity index is 2.50. The van der Waals surface area contributed by atoms with Gasteiger partial charge in [-0.3, -0.25) is 0 Å². The first-order chi connectivity index (χ1) is 7.13. The Morgan fingerprint density at radius 3 is 2.27 bits per heavy atom. The van der Waals surface area contributed by atoms with Crippen LogP contribution in [-0.2, 0) is 4.74 Å². The van der Waals surface area contributed by atoms with E-state index >= 15 is 0 Å². The maximum absolute atomic E-state index is 5.75. The van der Waals surface area contributed by atoms with E-state index in [1.165, 1.54) is 0 Å². The summed E-state index contributed by atoms with van der Waals surface area (Å²) in [6, 6.07) is 7.90. The Morgan fingerprint density at radius 1 is 1.20 bits per heavy atom. The molecule has 0 radical (unpaired) electrons. The van der Waals surface area contributed by atoms with Crippen LogP contribution in [0.2, 0.25) is 0 Å². The van der Waals surface area contributed by atoms with Gasteiger partial charge in [-0.1, -0.05) is 12.1 Å². The van der Waals surface area contributed by atoms with Gasteiger partial charge >= 0.3 is 0 Å². The smallest absolute Gasteiger partial charge is 0.119 e. The minimum atomic E-state index is 0.0666. The third-order valence-electron chi connectivity index (χ3n) is 2.29. The molecule has 0 aliphatic rings. The molecule has 0 aliphatic heterocycles. The molecule has 0 fully saturated rings. The molecular formula is C12H19NO2. The van der Waals surface area contributed by atoms with Gasteiger partial charge in [0.2, 0.25) is 0 Å². The Kier molecular flexibility index (Phi) is 4.59. The molecule has 3 heteroatoms. The van der Waals surface area contributed by atoms with E-state index in [9.17, 15) is 0 Å². The predicted octanol–water partition coefficient (Wildman–Crippen LogP) is 2.12. The summed E-state index contributed by atoms with van der Waals surface area (Å²) in [5, 5.41) is 0. The molecule has 3 nitrogen and oxygen atoms in total. The number of hydrogen-bond donors (Lipinski definition) is 1. The van der Waals surface area contributed by atoms with Crippen LogP contribution >= 0.6 is 0 Å². The van der Waals surface area contributed by atoms with Gasteiger partial charge in [0, 0.05) is 13.2 Å². The summed E-state index contributed by atoms with van der Waals surface area (Å²) in [5.41, 5.74) is 6.86. The highest BCUT2D eigenvalue weighted by atomic mass is 16.5. The fraction of sp³-hybridized carbons (Fsp3) is 0.500. The Morgan fingerprint density at radius 2 is 1.80 bits per heavy atom. The second-order valence-electron chi connectivity index (χ2n) is 3.72. The van der Waals surface area contributed by atoms with Gasteiger partial charge in [0.1, 0.15) is 12.4 Å². The van der Waals surface area contributed by atoms with Crippen molar-refractivity contribution < 1.29 is 9.47 Å². The highest BCUT2D eigenvalue weighted by Gasteiger charge is 2.02. The second-order valence-corrected chi connectivity index (χ2v) is 3.72. The van der Waals surface area contributed by atoms with Crippen LogP contribution in [0.15, 0.2) is 24.3 Å². The minimum absolute atomic E-state index is 0.0666. The molecule has 0 amide bonds. The molecule has 15 heavy (non-hydrogen) atoms. The van der Waals surface area contributed by atoms with Crippen LogP contribution in [0, 0.1) is 0 Å². The summed E-state index contributed by atoms with van der Waals surface area (Å²) in [7, 11) is 1.67. The van der Waals surface area contributed by atoms with Crippen LogP contribution in [0.25, 0.3) is 0 Å². The van der Waals surface area contributed by atoms with Crippen molar-refractivity contribution in [2.24, 2.45) is 5.73 Å². The first kappa shape index (κ1) is 12.0. The van der Waals surface area contributed by atoms with Gasteiger partial charge in [-0.15, -0.1) is 0 Å². The molecular weight excluding hydrogens is 190 g/mol. The lowest BCUT2D eigenvalue weighted by Gasteiger charge is -2.12. The van der Waals surface area contributed by atoms with Gasteiger partial charge in [-0.2, -0.15) is 0 Å². The van der Waals surface area contributed by atoms with Crippen molar-refractivity contribution in [2.75, 3.05) is 13.7 Å². The number of hydrogen-bond acceptors (Lipinski definition) is 3. The maximum atomic E-state index is 5.75. The Labute approximate surface area is 91.2 Å². The van der Waals surface area contributed by atoms with Crippen LogP contribution in [-0.4, -0.2) is 19.8 Å². The van der Waals surface area contributed by atoms with E-state index < -0.39 is 0 Å². The SMILES string of the molecule is COC(C)COc1ccc(C(C)N)cc1. The normalized spacial score (nSPS) is 14.7. The van der Waals surface area contributed by atoms with Crippen LogP contribution in [0.1, 0.15) is 25.5 Å². The van der Waals surface area contributed by atoms with Crippen LogP contribution in [0.3, 0.4) is 0 Å². The van der Waals surface area contributed by atoms with E-state index in [4.69, 9.17) is 15.2 Å². The fourth-order valence-electron chi connectivity index (χ4n) is 1.15. The van der Waals surface area contributed by atoms with Crippen LogP contribution < -0.4 is 10.5 Å². The third-order valence-corrected chi connectivity index (χ3v) is 2.29. The Hall–Kier alpha value is -1.06. The molecule has 0 heterocycles. The average Bonchev–Trinajstić information content (AvgIpc) is 2.26. The van der Waals surface area contributed by atoms with Crippen LogP contribution in [0.5, 0.6) is 5.75 Å². The van der Waals surface area contributed by atoms with Crippen molar-refractivity contribution in [1.29, 1.82) is 0 Å². The standard InChI is InChI=1S/C12H19NO2/c1-9(14-3)8-15-12-6-4-11(5-7-12)10(2)13/h4-7,9-10H,8,13H2,1-3H3. The first-order valence-corrected chi connectivity index (χ1v) is 5.14. The zero-order valence-electron chi connectivity index (χ0n) is 9.57. The molecule has 1 aromatic carbocycles. The van der Waals surface area contributed by atoms with Gasteiger partial charge in [0.05, 0.1) is 6.10 Å². The molecule has 1 rings (SSSR count). The Bertz CT molecular complexity index is 282. The summed E-state index contributed by atoms with van der Waals surface area (Å²) in [6.07, 6.45) is 0.109. The van der Waals surface area contributed by atoms with Crippen molar-refractivity contribution in [3.8, 4) is 5.75 Å². The topological polar surface area (TPSA) is 44.5 Å². The number of ether oxygens (including phenoxy) is 2. The monoisotopic (exact) mass is 209 g/mol. The molecule has 0 saturated carbocycles. The summed E-state index contributed by atoms with van der Waals surface area (Å²) in [4.78, 5) is 0. The highest BCUT2D eigenvalue weighted by molar-refractivity contribution is 5.28. The second kappa shape index (κ2) is 5.73. The molecule has 2 atom stereocenters. The summed E-state index contributed by atoms with van der Waals surface area (Å²) in [5.74, 6) is 0.850. The molecule has 0 bridgehead atoms. The highest BCUT2D eigenvalue weighted by Crippen LogP contribution is 2.16. The summed E-state index contributed by atoms with van der Waals surface area (Å²) < 4.78 is 10.6. The zero-order chi connectivity index (χ0) is 11.3. The van der Waals surface area contributed by atoms with E-state index in [1.807, 2.05) is 38.1 Å². The van der Waals surface area contributed by atoms with Crippen molar-refractivity contribution >= 4 is 0 Å². The number of benzene rings is 1. The molecule has 0 spiro atoms.